The topological polar surface area (TPSA) is 61.4 Å². The average molecular weight is 378 g/mol. The van der Waals surface area contributed by atoms with Gasteiger partial charge in [0.25, 0.3) is 5.91 Å². The first kappa shape index (κ1) is 19.2. The molecule has 6 heteroatoms. The standard InChI is InChI=1S/C20H28ClN3O2/c1-19(2,3)23-17(25)11-24-12-20(13-24)8-14(9-20)10-22-18(26)15-4-6-16(21)7-5-15/h4-7,14H,8-13H2,1-3H3,(H,22,26)(H,23,25). The summed E-state index contributed by atoms with van der Waals surface area (Å²) in [6, 6.07) is 6.94. The van der Waals surface area contributed by atoms with Crippen molar-refractivity contribution in [1.29, 1.82) is 0 Å². The zero-order valence-corrected chi connectivity index (χ0v) is 16.5. The fourth-order valence-electron chi connectivity index (χ4n) is 4.18. The van der Waals surface area contributed by atoms with Gasteiger partial charge in [-0.05, 0) is 69.2 Å². The molecule has 2 amide bonds. The summed E-state index contributed by atoms with van der Waals surface area (Å²) in [5.74, 6) is 0.590. The van der Waals surface area contributed by atoms with E-state index in [1.165, 1.54) is 0 Å². The Morgan fingerprint density at radius 3 is 2.38 bits per heavy atom. The highest BCUT2D eigenvalue weighted by Crippen LogP contribution is 2.51. The monoisotopic (exact) mass is 377 g/mol. The summed E-state index contributed by atoms with van der Waals surface area (Å²) in [6.07, 6.45) is 2.26. The van der Waals surface area contributed by atoms with Crippen molar-refractivity contribution in [3.63, 3.8) is 0 Å². The van der Waals surface area contributed by atoms with E-state index >= 15 is 0 Å². The lowest BCUT2D eigenvalue weighted by Crippen LogP contribution is -2.64. The van der Waals surface area contributed by atoms with E-state index in [2.05, 4.69) is 15.5 Å². The van der Waals surface area contributed by atoms with E-state index < -0.39 is 0 Å². The summed E-state index contributed by atoms with van der Waals surface area (Å²) in [5.41, 5.74) is 0.837. The molecule has 1 aromatic rings. The summed E-state index contributed by atoms with van der Waals surface area (Å²) < 4.78 is 0. The van der Waals surface area contributed by atoms with Crippen molar-refractivity contribution < 1.29 is 9.59 Å². The number of hydrogen-bond acceptors (Lipinski definition) is 3. The molecule has 0 bridgehead atoms. The molecule has 2 aliphatic rings. The molecule has 1 saturated carbocycles. The van der Waals surface area contributed by atoms with Crippen molar-refractivity contribution in [2.24, 2.45) is 11.3 Å². The Bertz CT molecular complexity index is 667. The summed E-state index contributed by atoms with van der Waals surface area (Å²) in [7, 11) is 0. The summed E-state index contributed by atoms with van der Waals surface area (Å²) in [6.45, 7) is 9.18. The van der Waals surface area contributed by atoms with Gasteiger partial charge < -0.3 is 10.6 Å². The lowest BCUT2D eigenvalue weighted by atomic mass is 9.57. The second-order valence-corrected chi connectivity index (χ2v) is 9.37. The largest absolute Gasteiger partial charge is 0.352 e. The number of halogens is 1. The Labute approximate surface area is 160 Å². The number of likely N-dealkylation sites (tertiary alicyclic amines) is 1. The Hall–Kier alpha value is -1.59. The zero-order valence-electron chi connectivity index (χ0n) is 15.8. The quantitative estimate of drug-likeness (QED) is 0.829. The molecule has 1 aliphatic heterocycles. The molecular weight excluding hydrogens is 350 g/mol. The summed E-state index contributed by atoms with van der Waals surface area (Å²) >= 11 is 5.84. The molecule has 1 aliphatic carbocycles. The molecule has 0 radical (unpaired) electrons. The molecule has 2 fully saturated rings. The highest BCUT2D eigenvalue weighted by molar-refractivity contribution is 6.30. The van der Waals surface area contributed by atoms with Gasteiger partial charge in [-0.15, -0.1) is 0 Å². The van der Waals surface area contributed by atoms with Crippen LogP contribution < -0.4 is 10.6 Å². The highest BCUT2D eigenvalue weighted by atomic mass is 35.5. The second kappa shape index (κ2) is 7.20. The molecule has 1 spiro atoms. The van der Waals surface area contributed by atoms with Crippen LogP contribution in [0.15, 0.2) is 24.3 Å². The molecule has 0 aromatic heterocycles. The molecule has 0 atom stereocenters. The number of hydrogen-bond donors (Lipinski definition) is 2. The number of nitrogens with zero attached hydrogens (tertiary/aromatic N) is 1. The third-order valence-corrected chi connectivity index (χ3v) is 5.35. The fourth-order valence-corrected chi connectivity index (χ4v) is 4.31. The smallest absolute Gasteiger partial charge is 0.251 e. The van der Waals surface area contributed by atoms with Gasteiger partial charge in [0.1, 0.15) is 0 Å². The van der Waals surface area contributed by atoms with Crippen LogP contribution in [0.3, 0.4) is 0 Å². The lowest BCUT2D eigenvalue weighted by molar-refractivity contribution is -0.133. The van der Waals surface area contributed by atoms with Crippen LogP contribution in [0.1, 0.15) is 44.0 Å². The maximum atomic E-state index is 12.1. The maximum Gasteiger partial charge on any atom is 0.251 e. The number of carbonyl (C=O) groups is 2. The Balaban J connectivity index is 1.33. The number of rotatable bonds is 5. The minimum atomic E-state index is -0.177. The first-order valence-electron chi connectivity index (χ1n) is 9.21. The molecular formula is C20H28ClN3O2. The number of amides is 2. The molecule has 1 aromatic carbocycles. The van der Waals surface area contributed by atoms with E-state index in [0.717, 1.165) is 25.9 Å². The van der Waals surface area contributed by atoms with E-state index in [4.69, 9.17) is 11.6 Å². The fraction of sp³-hybridized carbons (Fsp3) is 0.600. The van der Waals surface area contributed by atoms with E-state index in [0.29, 0.717) is 35.0 Å². The Morgan fingerprint density at radius 2 is 1.81 bits per heavy atom. The Morgan fingerprint density at radius 1 is 1.19 bits per heavy atom. The van der Waals surface area contributed by atoms with Gasteiger partial charge in [0.15, 0.2) is 0 Å². The first-order chi connectivity index (χ1) is 12.1. The third-order valence-electron chi connectivity index (χ3n) is 5.10. The maximum absolute atomic E-state index is 12.1. The van der Waals surface area contributed by atoms with Gasteiger partial charge in [0.2, 0.25) is 5.91 Å². The molecule has 0 unspecified atom stereocenters. The number of benzene rings is 1. The normalized spacial score (nSPS) is 19.5. The van der Waals surface area contributed by atoms with Crippen LogP contribution in [0.5, 0.6) is 0 Å². The third kappa shape index (κ3) is 4.77. The molecule has 2 N–H and O–H groups in total. The van der Waals surface area contributed by atoms with Crippen LogP contribution in [0.4, 0.5) is 0 Å². The van der Waals surface area contributed by atoms with Gasteiger partial charge in [-0.25, -0.2) is 0 Å². The van der Waals surface area contributed by atoms with Crippen molar-refractivity contribution in [3.8, 4) is 0 Å². The van der Waals surface area contributed by atoms with Gasteiger partial charge >= 0.3 is 0 Å². The first-order valence-corrected chi connectivity index (χ1v) is 9.59. The van der Waals surface area contributed by atoms with E-state index in [1.807, 2.05) is 20.8 Å². The van der Waals surface area contributed by atoms with E-state index in [9.17, 15) is 9.59 Å². The van der Waals surface area contributed by atoms with Gasteiger partial charge in [0, 0.05) is 35.8 Å². The van der Waals surface area contributed by atoms with Crippen molar-refractivity contribution in [1.82, 2.24) is 15.5 Å². The molecule has 5 nitrogen and oxygen atoms in total. The molecule has 1 saturated heterocycles. The van der Waals surface area contributed by atoms with E-state index in [1.54, 1.807) is 24.3 Å². The molecule has 142 valence electrons. The Kier molecular flexibility index (Phi) is 5.31. The molecule has 26 heavy (non-hydrogen) atoms. The van der Waals surface area contributed by atoms with Crippen LogP contribution in [-0.4, -0.2) is 48.4 Å². The van der Waals surface area contributed by atoms with Crippen molar-refractivity contribution in [2.75, 3.05) is 26.2 Å². The predicted octanol–water partition coefficient (Wildman–Crippen LogP) is 2.70. The minimum absolute atomic E-state index is 0.0447. The SMILES string of the molecule is CC(C)(C)NC(=O)CN1CC2(CC(CNC(=O)c3ccc(Cl)cc3)C2)C1. The molecule has 1 heterocycles. The number of nitrogens with one attached hydrogen (secondary N) is 2. The minimum Gasteiger partial charge on any atom is -0.352 e. The van der Waals surface area contributed by atoms with Crippen molar-refractivity contribution in [2.45, 2.75) is 39.2 Å². The molecule has 3 rings (SSSR count). The number of carbonyl (C=O) groups excluding carboxylic acids is 2. The van der Waals surface area contributed by atoms with Gasteiger partial charge in [-0.2, -0.15) is 0 Å². The van der Waals surface area contributed by atoms with E-state index in [-0.39, 0.29) is 17.4 Å². The van der Waals surface area contributed by atoms with Crippen molar-refractivity contribution in [3.05, 3.63) is 34.9 Å². The highest BCUT2D eigenvalue weighted by Gasteiger charge is 2.52. The van der Waals surface area contributed by atoms with Crippen LogP contribution in [0.25, 0.3) is 0 Å². The van der Waals surface area contributed by atoms with Crippen molar-refractivity contribution >= 4 is 23.4 Å². The summed E-state index contributed by atoms with van der Waals surface area (Å²) in [4.78, 5) is 26.3. The van der Waals surface area contributed by atoms with Crippen LogP contribution >= 0.6 is 11.6 Å². The average Bonchev–Trinajstić information content (AvgIpc) is 2.45. The van der Waals surface area contributed by atoms with Gasteiger partial charge in [0.05, 0.1) is 6.54 Å². The van der Waals surface area contributed by atoms with Crippen LogP contribution in [0, 0.1) is 11.3 Å². The van der Waals surface area contributed by atoms with Gasteiger partial charge in [-0.3, -0.25) is 14.5 Å². The zero-order chi connectivity index (χ0) is 18.9. The van der Waals surface area contributed by atoms with Gasteiger partial charge in [-0.1, -0.05) is 11.6 Å². The predicted molar refractivity (Wildman–Crippen MR) is 103 cm³/mol. The second-order valence-electron chi connectivity index (χ2n) is 8.93. The summed E-state index contributed by atoms with van der Waals surface area (Å²) in [5, 5.41) is 6.65. The van der Waals surface area contributed by atoms with Crippen LogP contribution in [0.2, 0.25) is 5.02 Å². The van der Waals surface area contributed by atoms with Crippen LogP contribution in [-0.2, 0) is 4.79 Å². The lowest BCUT2D eigenvalue weighted by Gasteiger charge is -2.59.